The molecule has 0 saturated carbocycles. The first-order valence-electron chi connectivity index (χ1n) is 5.02. The van der Waals surface area contributed by atoms with Crippen LogP contribution in [0.3, 0.4) is 0 Å². The van der Waals surface area contributed by atoms with Crippen molar-refractivity contribution in [3.63, 3.8) is 0 Å². The van der Waals surface area contributed by atoms with Crippen molar-refractivity contribution in [3.8, 4) is 0 Å². The zero-order valence-electron chi connectivity index (χ0n) is 8.94. The van der Waals surface area contributed by atoms with E-state index in [2.05, 4.69) is 9.97 Å². The molecule has 1 aromatic carbocycles. The van der Waals surface area contributed by atoms with Gasteiger partial charge in [0.05, 0.1) is 11.6 Å². The molecule has 5 heteroatoms. The van der Waals surface area contributed by atoms with E-state index >= 15 is 0 Å². The minimum atomic E-state index is 0.446. The standard InChI is InChI=1S/C12H10Cl2N2S/c13-5-9-6-15-12(16-7-9)8-17-11-3-1-2-10(14)4-11/h1-4,6-7H,5,8H2. The largest absolute Gasteiger partial charge is 0.240 e. The minimum absolute atomic E-state index is 0.446. The monoisotopic (exact) mass is 284 g/mol. The van der Waals surface area contributed by atoms with Crippen molar-refractivity contribution in [3.05, 3.63) is 53.1 Å². The van der Waals surface area contributed by atoms with E-state index in [0.717, 1.165) is 27.1 Å². The quantitative estimate of drug-likeness (QED) is 0.623. The molecule has 0 spiro atoms. The number of aromatic nitrogens is 2. The number of thioether (sulfide) groups is 1. The Balaban J connectivity index is 1.97. The minimum Gasteiger partial charge on any atom is -0.240 e. The van der Waals surface area contributed by atoms with Crippen LogP contribution in [0, 0.1) is 0 Å². The molecule has 0 N–H and O–H groups in total. The number of benzene rings is 1. The molecule has 0 bridgehead atoms. The first kappa shape index (κ1) is 12.7. The molecule has 0 aliphatic rings. The molecule has 0 atom stereocenters. The lowest BCUT2D eigenvalue weighted by atomic mass is 10.4. The van der Waals surface area contributed by atoms with E-state index in [9.17, 15) is 0 Å². The lowest BCUT2D eigenvalue weighted by Gasteiger charge is -2.02. The van der Waals surface area contributed by atoms with Gasteiger partial charge in [-0.3, -0.25) is 0 Å². The fraction of sp³-hybridized carbons (Fsp3) is 0.167. The van der Waals surface area contributed by atoms with Crippen LogP contribution in [0.5, 0.6) is 0 Å². The number of hydrogen-bond acceptors (Lipinski definition) is 3. The van der Waals surface area contributed by atoms with Gasteiger partial charge in [-0.2, -0.15) is 0 Å². The highest BCUT2D eigenvalue weighted by Crippen LogP contribution is 2.23. The van der Waals surface area contributed by atoms with Crippen LogP contribution in [0.25, 0.3) is 0 Å². The first-order chi connectivity index (χ1) is 8.28. The fourth-order valence-corrected chi connectivity index (χ4v) is 2.45. The molecular weight excluding hydrogens is 275 g/mol. The van der Waals surface area contributed by atoms with Gasteiger partial charge in [-0.05, 0) is 18.2 Å². The van der Waals surface area contributed by atoms with Crippen LogP contribution in [0.2, 0.25) is 5.02 Å². The van der Waals surface area contributed by atoms with Crippen LogP contribution < -0.4 is 0 Å². The summed E-state index contributed by atoms with van der Waals surface area (Å²) in [5.41, 5.74) is 0.933. The summed E-state index contributed by atoms with van der Waals surface area (Å²) in [4.78, 5) is 9.59. The molecule has 0 amide bonds. The average Bonchev–Trinajstić information content (AvgIpc) is 2.37. The van der Waals surface area contributed by atoms with Gasteiger partial charge in [-0.25, -0.2) is 9.97 Å². The summed E-state index contributed by atoms with van der Waals surface area (Å²) in [5, 5.41) is 0.744. The van der Waals surface area contributed by atoms with E-state index in [0.29, 0.717) is 5.88 Å². The summed E-state index contributed by atoms with van der Waals surface area (Å²) in [7, 11) is 0. The summed E-state index contributed by atoms with van der Waals surface area (Å²) >= 11 is 13.2. The molecule has 17 heavy (non-hydrogen) atoms. The normalized spacial score (nSPS) is 10.5. The summed E-state index contributed by atoms with van der Waals surface area (Å²) in [6, 6.07) is 7.74. The predicted octanol–water partition coefficient (Wildman–Crippen LogP) is 4.16. The molecule has 88 valence electrons. The predicted molar refractivity (Wildman–Crippen MR) is 72.6 cm³/mol. The highest BCUT2D eigenvalue weighted by atomic mass is 35.5. The van der Waals surface area contributed by atoms with Crippen LogP contribution in [0.1, 0.15) is 11.4 Å². The summed E-state index contributed by atoms with van der Waals surface area (Å²) in [5.74, 6) is 1.97. The molecule has 0 fully saturated rings. The highest BCUT2D eigenvalue weighted by molar-refractivity contribution is 7.98. The molecule has 2 nitrogen and oxygen atoms in total. The molecule has 1 aromatic heterocycles. The lowest BCUT2D eigenvalue weighted by Crippen LogP contribution is -1.93. The van der Waals surface area contributed by atoms with Gasteiger partial charge in [0, 0.05) is 27.9 Å². The Bertz CT molecular complexity index is 488. The van der Waals surface area contributed by atoms with Crippen molar-refractivity contribution in [2.24, 2.45) is 0 Å². The molecule has 0 aliphatic heterocycles. The van der Waals surface area contributed by atoms with E-state index in [1.165, 1.54) is 0 Å². The van der Waals surface area contributed by atoms with Crippen LogP contribution in [0.15, 0.2) is 41.6 Å². The van der Waals surface area contributed by atoms with Gasteiger partial charge < -0.3 is 0 Å². The zero-order valence-corrected chi connectivity index (χ0v) is 11.3. The van der Waals surface area contributed by atoms with E-state index in [1.54, 1.807) is 24.2 Å². The second kappa shape index (κ2) is 6.24. The van der Waals surface area contributed by atoms with Crippen molar-refractivity contribution >= 4 is 35.0 Å². The van der Waals surface area contributed by atoms with Gasteiger partial charge in [0.1, 0.15) is 5.82 Å². The second-order valence-corrected chi connectivity index (χ2v) is 5.14. The summed E-state index contributed by atoms with van der Waals surface area (Å²) in [6.07, 6.45) is 3.52. The van der Waals surface area contributed by atoms with E-state index in [4.69, 9.17) is 23.2 Å². The first-order valence-corrected chi connectivity index (χ1v) is 6.92. The Morgan fingerprint density at radius 3 is 2.59 bits per heavy atom. The topological polar surface area (TPSA) is 25.8 Å². The Hall–Kier alpha value is -0.770. The van der Waals surface area contributed by atoms with Gasteiger partial charge in [0.15, 0.2) is 0 Å². The van der Waals surface area contributed by atoms with Gasteiger partial charge in [0.25, 0.3) is 0 Å². The van der Waals surface area contributed by atoms with Crippen molar-refractivity contribution in [1.29, 1.82) is 0 Å². The van der Waals surface area contributed by atoms with Crippen molar-refractivity contribution in [1.82, 2.24) is 9.97 Å². The highest BCUT2D eigenvalue weighted by Gasteiger charge is 2.00. The number of alkyl halides is 1. The van der Waals surface area contributed by atoms with Crippen molar-refractivity contribution in [2.75, 3.05) is 0 Å². The second-order valence-electron chi connectivity index (χ2n) is 3.39. The maximum Gasteiger partial charge on any atom is 0.138 e. The van der Waals surface area contributed by atoms with Crippen molar-refractivity contribution < 1.29 is 0 Å². The third kappa shape index (κ3) is 3.87. The van der Waals surface area contributed by atoms with Gasteiger partial charge >= 0.3 is 0 Å². The van der Waals surface area contributed by atoms with E-state index in [1.807, 2.05) is 24.3 Å². The number of rotatable bonds is 4. The van der Waals surface area contributed by atoms with E-state index < -0.39 is 0 Å². The maximum atomic E-state index is 5.91. The lowest BCUT2D eigenvalue weighted by molar-refractivity contribution is 1.01. The Morgan fingerprint density at radius 1 is 1.18 bits per heavy atom. The molecule has 0 saturated heterocycles. The Labute approximate surface area is 114 Å². The molecule has 0 unspecified atom stereocenters. The summed E-state index contributed by atoms with van der Waals surface area (Å²) in [6.45, 7) is 0. The fourth-order valence-electron chi connectivity index (χ4n) is 1.23. The number of nitrogens with zero attached hydrogens (tertiary/aromatic N) is 2. The molecule has 2 rings (SSSR count). The third-order valence-corrected chi connectivity index (χ3v) is 3.61. The van der Waals surface area contributed by atoms with Gasteiger partial charge in [-0.15, -0.1) is 23.4 Å². The smallest absolute Gasteiger partial charge is 0.138 e. The summed E-state index contributed by atoms with van der Waals surface area (Å²) < 4.78 is 0. The van der Waals surface area contributed by atoms with Gasteiger partial charge in [-0.1, -0.05) is 17.7 Å². The maximum absolute atomic E-state index is 5.91. The average molecular weight is 285 g/mol. The van der Waals surface area contributed by atoms with Gasteiger partial charge in [0.2, 0.25) is 0 Å². The number of halogens is 2. The van der Waals surface area contributed by atoms with Crippen LogP contribution in [0.4, 0.5) is 0 Å². The van der Waals surface area contributed by atoms with Crippen LogP contribution >= 0.6 is 35.0 Å². The van der Waals surface area contributed by atoms with E-state index in [-0.39, 0.29) is 0 Å². The number of hydrogen-bond donors (Lipinski definition) is 0. The van der Waals surface area contributed by atoms with Crippen molar-refractivity contribution in [2.45, 2.75) is 16.5 Å². The third-order valence-electron chi connectivity index (χ3n) is 2.08. The Kier molecular flexibility index (Phi) is 4.66. The van der Waals surface area contributed by atoms with Crippen LogP contribution in [-0.4, -0.2) is 9.97 Å². The molecule has 0 radical (unpaired) electrons. The molecule has 1 heterocycles. The molecule has 0 aliphatic carbocycles. The molecular formula is C12H10Cl2N2S. The molecule has 2 aromatic rings. The SMILES string of the molecule is ClCc1cnc(CSc2cccc(Cl)c2)nc1. The Morgan fingerprint density at radius 2 is 1.94 bits per heavy atom. The van der Waals surface area contributed by atoms with Crippen LogP contribution in [-0.2, 0) is 11.6 Å². The zero-order chi connectivity index (χ0) is 12.1.